The normalized spacial score (nSPS) is 12.1. The summed E-state index contributed by atoms with van der Waals surface area (Å²) in [6.45, 7) is 8.59. The van der Waals surface area contributed by atoms with Gasteiger partial charge in [-0.1, -0.05) is 13.8 Å². The molecule has 0 saturated heterocycles. The van der Waals surface area contributed by atoms with Gasteiger partial charge in [-0.05, 0) is 50.1 Å². The van der Waals surface area contributed by atoms with Crippen molar-refractivity contribution in [2.75, 3.05) is 5.73 Å². The Labute approximate surface area is 151 Å². The second-order valence-corrected chi connectivity index (χ2v) is 7.38. The van der Waals surface area contributed by atoms with Crippen LogP contribution in [0, 0.1) is 17.6 Å². The molecule has 26 heavy (non-hydrogen) atoms. The summed E-state index contributed by atoms with van der Waals surface area (Å²) in [6.07, 6.45) is 0. The third-order valence-corrected chi connectivity index (χ3v) is 4.12. The van der Waals surface area contributed by atoms with Crippen molar-refractivity contribution >= 4 is 16.7 Å². The van der Waals surface area contributed by atoms with Gasteiger partial charge in [0.1, 0.15) is 5.82 Å². The zero-order chi connectivity index (χ0) is 19.1. The maximum absolute atomic E-state index is 14.1. The van der Waals surface area contributed by atoms with Gasteiger partial charge >= 0.3 is 0 Å². The fraction of sp³-hybridized carbons (Fsp3) is 0.350. The molecule has 2 aromatic carbocycles. The van der Waals surface area contributed by atoms with Crippen LogP contribution in [0.3, 0.4) is 0 Å². The van der Waals surface area contributed by atoms with Crippen LogP contribution in [0.2, 0.25) is 0 Å². The van der Waals surface area contributed by atoms with Gasteiger partial charge in [0.2, 0.25) is 0 Å². The number of fused-ring (bicyclic) bond motifs is 1. The van der Waals surface area contributed by atoms with Gasteiger partial charge < -0.3 is 15.0 Å². The highest BCUT2D eigenvalue weighted by Gasteiger charge is 2.31. The molecule has 4 nitrogen and oxygen atoms in total. The van der Waals surface area contributed by atoms with Crippen molar-refractivity contribution in [2.45, 2.75) is 39.8 Å². The van der Waals surface area contributed by atoms with Crippen molar-refractivity contribution < 1.29 is 13.5 Å². The molecule has 0 bridgehead atoms. The zero-order valence-corrected chi connectivity index (χ0v) is 15.4. The summed E-state index contributed by atoms with van der Waals surface area (Å²) >= 11 is 0. The lowest BCUT2D eigenvalue weighted by Gasteiger charge is -2.27. The number of hydrogen-bond donors (Lipinski definition) is 1. The van der Waals surface area contributed by atoms with Crippen LogP contribution < -0.4 is 10.5 Å². The van der Waals surface area contributed by atoms with E-state index in [0.717, 1.165) is 23.6 Å². The fourth-order valence-corrected chi connectivity index (χ4v) is 3.03. The van der Waals surface area contributed by atoms with E-state index in [1.165, 1.54) is 12.1 Å². The molecule has 1 aromatic heterocycles. The number of rotatable bonds is 5. The predicted molar refractivity (Wildman–Crippen MR) is 99.0 cm³/mol. The van der Waals surface area contributed by atoms with Crippen LogP contribution in [0.5, 0.6) is 5.75 Å². The molecule has 0 radical (unpaired) electrons. The molecule has 0 spiro atoms. The minimum Gasteiger partial charge on any atom is -0.477 e. The lowest BCUT2D eigenvalue weighted by atomic mass is 10.1. The summed E-state index contributed by atoms with van der Waals surface area (Å²) < 4.78 is 35.2. The number of halogens is 2. The largest absolute Gasteiger partial charge is 0.477 e. The third kappa shape index (κ3) is 3.49. The summed E-state index contributed by atoms with van der Waals surface area (Å²) in [4.78, 5) is 4.70. The van der Waals surface area contributed by atoms with Crippen molar-refractivity contribution in [3.05, 3.63) is 53.9 Å². The first-order valence-electron chi connectivity index (χ1n) is 8.57. The first kappa shape index (κ1) is 18.2. The number of nitrogens with zero attached hydrogens (tertiary/aromatic N) is 2. The van der Waals surface area contributed by atoms with Crippen LogP contribution in [0.1, 0.15) is 33.5 Å². The van der Waals surface area contributed by atoms with Crippen molar-refractivity contribution in [3.8, 4) is 5.75 Å². The minimum atomic E-state index is -0.929. The highest BCUT2D eigenvalue weighted by molar-refractivity contribution is 5.79. The summed E-state index contributed by atoms with van der Waals surface area (Å²) in [5.41, 5.74) is 7.29. The summed E-state index contributed by atoms with van der Waals surface area (Å²) in [7, 11) is 0. The van der Waals surface area contributed by atoms with Crippen molar-refractivity contribution in [3.63, 3.8) is 0 Å². The second kappa shape index (κ2) is 6.59. The van der Waals surface area contributed by atoms with Crippen LogP contribution in [-0.2, 0) is 12.1 Å². The number of ether oxygens (including phenoxy) is 1. The molecule has 3 rings (SSSR count). The number of benzene rings is 2. The van der Waals surface area contributed by atoms with Crippen LogP contribution in [0.15, 0.2) is 36.4 Å². The first-order valence-corrected chi connectivity index (χ1v) is 8.57. The Hall–Kier alpha value is -2.63. The average Bonchev–Trinajstić information content (AvgIpc) is 2.88. The summed E-state index contributed by atoms with van der Waals surface area (Å²) in [5.74, 6) is -0.360. The Morgan fingerprint density at radius 1 is 1.15 bits per heavy atom. The van der Waals surface area contributed by atoms with E-state index >= 15 is 0 Å². The number of aromatic nitrogens is 2. The molecule has 0 unspecified atom stereocenters. The van der Waals surface area contributed by atoms with Crippen LogP contribution in [0.4, 0.5) is 14.5 Å². The van der Waals surface area contributed by atoms with Crippen molar-refractivity contribution in [2.24, 2.45) is 5.92 Å². The van der Waals surface area contributed by atoms with Gasteiger partial charge in [0, 0.05) is 18.3 Å². The maximum atomic E-state index is 14.1. The molecule has 138 valence electrons. The van der Waals surface area contributed by atoms with Gasteiger partial charge in [-0.2, -0.15) is 0 Å². The SMILES string of the molecule is CC(C)Cn1c(C(C)(C)Oc2ccc(F)cc2F)nc2cc(N)ccc21. The molecule has 0 saturated carbocycles. The molecule has 0 aliphatic heterocycles. The fourth-order valence-electron chi connectivity index (χ4n) is 3.03. The number of anilines is 1. The second-order valence-electron chi connectivity index (χ2n) is 7.38. The molecule has 0 amide bonds. The quantitative estimate of drug-likeness (QED) is 0.662. The van der Waals surface area contributed by atoms with E-state index in [1.54, 1.807) is 0 Å². The van der Waals surface area contributed by atoms with Crippen LogP contribution in [-0.4, -0.2) is 9.55 Å². The smallest absolute Gasteiger partial charge is 0.168 e. The van der Waals surface area contributed by atoms with Gasteiger partial charge in [-0.25, -0.2) is 13.8 Å². The van der Waals surface area contributed by atoms with E-state index in [1.807, 2.05) is 32.0 Å². The molecule has 3 aromatic rings. The van der Waals surface area contributed by atoms with E-state index in [2.05, 4.69) is 18.4 Å². The summed E-state index contributed by atoms with van der Waals surface area (Å²) in [6, 6.07) is 8.84. The Balaban J connectivity index is 2.09. The number of nitrogen functional groups attached to an aromatic ring is 1. The number of hydrogen-bond acceptors (Lipinski definition) is 3. The molecule has 6 heteroatoms. The van der Waals surface area contributed by atoms with E-state index in [4.69, 9.17) is 15.5 Å². The molecule has 0 fully saturated rings. The molecule has 0 aliphatic carbocycles. The van der Waals surface area contributed by atoms with Crippen molar-refractivity contribution in [1.82, 2.24) is 9.55 Å². The molecular weight excluding hydrogens is 336 g/mol. The molecule has 2 N–H and O–H groups in total. The monoisotopic (exact) mass is 359 g/mol. The summed E-state index contributed by atoms with van der Waals surface area (Å²) in [5, 5.41) is 0. The van der Waals surface area contributed by atoms with Gasteiger partial charge in [0.05, 0.1) is 11.0 Å². The highest BCUT2D eigenvalue weighted by Crippen LogP contribution is 2.32. The van der Waals surface area contributed by atoms with E-state index < -0.39 is 17.2 Å². The lowest BCUT2D eigenvalue weighted by molar-refractivity contribution is 0.0882. The average molecular weight is 359 g/mol. The highest BCUT2D eigenvalue weighted by atomic mass is 19.1. The van der Waals surface area contributed by atoms with Gasteiger partial charge in [-0.3, -0.25) is 0 Å². The molecule has 1 heterocycles. The Bertz CT molecular complexity index is 948. The molecule has 0 aliphatic rings. The Kier molecular flexibility index (Phi) is 4.61. The lowest BCUT2D eigenvalue weighted by Crippen LogP contribution is -2.30. The number of nitrogens with two attached hydrogens (primary N) is 1. The van der Waals surface area contributed by atoms with Gasteiger partial charge in [0.25, 0.3) is 0 Å². The van der Waals surface area contributed by atoms with Gasteiger partial charge in [0.15, 0.2) is 23.0 Å². The van der Waals surface area contributed by atoms with Crippen molar-refractivity contribution in [1.29, 1.82) is 0 Å². The third-order valence-electron chi connectivity index (χ3n) is 4.12. The Morgan fingerprint density at radius 2 is 1.88 bits per heavy atom. The standard InChI is InChI=1S/C20H23F2N3O/c1-12(2)11-25-17-7-6-14(23)10-16(17)24-19(25)20(3,4)26-18-8-5-13(21)9-15(18)22/h5-10,12H,11,23H2,1-4H3. The predicted octanol–water partition coefficient (Wildman–Crippen LogP) is 4.87. The van der Waals surface area contributed by atoms with Crippen LogP contribution >= 0.6 is 0 Å². The van der Waals surface area contributed by atoms with E-state index in [9.17, 15) is 8.78 Å². The van der Waals surface area contributed by atoms with Crippen LogP contribution in [0.25, 0.3) is 11.0 Å². The maximum Gasteiger partial charge on any atom is 0.168 e. The first-order chi connectivity index (χ1) is 12.2. The van der Waals surface area contributed by atoms with E-state index in [0.29, 0.717) is 17.4 Å². The number of imidazole rings is 1. The molecular formula is C20H23F2N3O. The minimum absolute atomic E-state index is 0.0148. The zero-order valence-electron chi connectivity index (χ0n) is 15.4. The molecule has 0 atom stereocenters. The Morgan fingerprint density at radius 3 is 2.54 bits per heavy atom. The topological polar surface area (TPSA) is 53.1 Å². The van der Waals surface area contributed by atoms with Gasteiger partial charge in [-0.15, -0.1) is 0 Å². The van der Waals surface area contributed by atoms with E-state index in [-0.39, 0.29) is 5.75 Å².